The summed E-state index contributed by atoms with van der Waals surface area (Å²) in [6, 6.07) is 5.17. The van der Waals surface area contributed by atoms with Crippen LogP contribution < -0.4 is 15.2 Å². The fourth-order valence-electron chi connectivity index (χ4n) is 1.75. The molecule has 0 aliphatic carbocycles. The molecule has 0 bridgehead atoms. The Hall–Kier alpha value is -2.01. The lowest BCUT2D eigenvalue weighted by molar-refractivity contribution is 0.172. The van der Waals surface area contributed by atoms with Gasteiger partial charge in [-0.05, 0) is 18.2 Å². The van der Waals surface area contributed by atoms with Gasteiger partial charge in [0.05, 0.1) is 5.02 Å². The Morgan fingerprint density at radius 2 is 2.06 bits per heavy atom. The van der Waals surface area contributed by atoms with Crippen LogP contribution in [-0.4, -0.2) is 23.2 Å². The van der Waals surface area contributed by atoms with E-state index in [2.05, 4.69) is 9.97 Å². The molecular weight excluding hydrogens is 254 g/mol. The molecule has 0 amide bonds. The maximum absolute atomic E-state index is 6.15. The standard InChI is InChI=1S/C12H10ClN3O2/c13-8-5-7(12-15-2-1-10(14)16-12)6-9-11(8)18-4-3-17-9/h1-2,5-6H,3-4H2,(H2,14,15,16). The van der Waals surface area contributed by atoms with E-state index in [1.165, 1.54) is 0 Å². The molecule has 0 radical (unpaired) electrons. The van der Waals surface area contributed by atoms with E-state index >= 15 is 0 Å². The maximum Gasteiger partial charge on any atom is 0.179 e. The Morgan fingerprint density at radius 3 is 2.89 bits per heavy atom. The smallest absolute Gasteiger partial charge is 0.179 e. The summed E-state index contributed by atoms with van der Waals surface area (Å²) in [6.45, 7) is 1.01. The van der Waals surface area contributed by atoms with E-state index in [9.17, 15) is 0 Å². The second-order valence-corrected chi connectivity index (χ2v) is 4.19. The highest BCUT2D eigenvalue weighted by molar-refractivity contribution is 6.32. The average Bonchev–Trinajstić information content (AvgIpc) is 2.39. The van der Waals surface area contributed by atoms with Gasteiger partial charge in [0.2, 0.25) is 0 Å². The summed E-state index contributed by atoms with van der Waals surface area (Å²) in [7, 11) is 0. The normalized spacial score (nSPS) is 13.4. The number of halogens is 1. The van der Waals surface area contributed by atoms with Gasteiger partial charge < -0.3 is 15.2 Å². The number of nitrogens with zero attached hydrogens (tertiary/aromatic N) is 2. The fraction of sp³-hybridized carbons (Fsp3) is 0.167. The van der Waals surface area contributed by atoms with Crippen LogP contribution in [0.15, 0.2) is 24.4 Å². The zero-order valence-electron chi connectivity index (χ0n) is 9.39. The second-order valence-electron chi connectivity index (χ2n) is 3.79. The molecule has 0 fully saturated rings. The number of hydrogen-bond acceptors (Lipinski definition) is 5. The molecule has 18 heavy (non-hydrogen) atoms. The minimum atomic E-state index is 0.408. The Kier molecular flexibility index (Phi) is 2.68. The van der Waals surface area contributed by atoms with Gasteiger partial charge in [-0.3, -0.25) is 0 Å². The lowest BCUT2D eigenvalue weighted by Gasteiger charge is -2.20. The van der Waals surface area contributed by atoms with Gasteiger partial charge in [-0.2, -0.15) is 0 Å². The Balaban J connectivity index is 2.11. The fourth-order valence-corrected chi connectivity index (χ4v) is 2.02. The Labute approximate surface area is 109 Å². The number of ether oxygens (including phenoxy) is 2. The first-order chi connectivity index (χ1) is 8.74. The third kappa shape index (κ3) is 1.93. The molecule has 1 aromatic carbocycles. The molecule has 5 nitrogen and oxygen atoms in total. The van der Waals surface area contributed by atoms with Crippen molar-refractivity contribution in [2.45, 2.75) is 0 Å². The SMILES string of the molecule is Nc1ccnc(-c2cc(Cl)c3c(c2)OCCO3)n1. The van der Waals surface area contributed by atoms with E-state index in [4.69, 9.17) is 26.8 Å². The quantitative estimate of drug-likeness (QED) is 0.854. The molecule has 0 saturated carbocycles. The highest BCUT2D eigenvalue weighted by Crippen LogP contribution is 2.40. The molecule has 6 heteroatoms. The summed E-state index contributed by atoms with van der Waals surface area (Å²) in [5.74, 6) is 2.09. The molecular formula is C12H10ClN3O2. The van der Waals surface area contributed by atoms with Gasteiger partial charge in [-0.1, -0.05) is 11.6 Å². The third-order valence-electron chi connectivity index (χ3n) is 2.53. The molecule has 0 spiro atoms. The zero-order chi connectivity index (χ0) is 12.5. The first-order valence-corrected chi connectivity index (χ1v) is 5.80. The monoisotopic (exact) mass is 263 g/mol. The van der Waals surface area contributed by atoms with Crippen molar-refractivity contribution in [3.63, 3.8) is 0 Å². The van der Waals surface area contributed by atoms with Crippen molar-refractivity contribution in [2.24, 2.45) is 0 Å². The van der Waals surface area contributed by atoms with E-state index in [0.29, 0.717) is 41.4 Å². The van der Waals surface area contributed by atoms with Crippen LogP contribution in [0.4, 0.5) is 5.82 Å². The highest BCUT2D eigenvalue weighted by Gasteiger charge is 2.18. The Bertz CT molecular complexity index is 604. The van der Waals surface area contributed by atoms with Crippen LogP contribution in [0.25, 0.3) is 11.4 Å². The molecule has 2 N–H and O–H groups in total. The summed E-state index contributed by atoms with van der Waals surface area (Å²) in [6.07, 6.45) is 1.60. The first kappa shape index (κ1) is 11.1. The van der Waals surface area contributed by atoms with Gasteiger partial charge in [0.15, 0.2) is 17.3 Å². The van der Waals surface area contributed by atoms with Gasteiger partial charge >= 0.3 is 0 Å². The molecule has 2 heterocycles. The van der Waals surface area contributed by atoms with E-state index in [1.807, 2.05) is 0 Å². The van der Waals surface area contributed by atoms with Gasteiger partial charge in [0, 0.05) is 11.8 Å². The number of rotatable bonds is 1. The van der Waals surface area contributed by atoms with Gasteiger partial charge in [-0.25, -0.2) is 9.97 Å². The van der Waals surface area contributed by atoms with Crippen molar-refractivity contribution >= 4 is 17.4 Å². The van der Waals surface area contributed by atoms with Crippen molar-refractivity contribution < 1.29 is 9.47 Å². The van der Waals surface area contributed by atoms with Crippen molar-refractivity contribution in [3.8, 4) is 22.9 Å². The number of fused-ring (bicyclic) bond motifs is 1. The molecule has 92 valence electrons. The van der Waals surface area contributed by atoms with Crippen molar-refractivity contribution in [1.82, 2.24) is 9.97 Å². The molecule has 0 atom stereocenters. The molecule has 1 aliphatic rings. The number of benzene rings is 1. The van der Waals surface area contributed by atoms with Crippen LogP contribution in [0.5, 0.6) is 11.5 Å². The summed E-state index contributed by atoms with van der Waals surface area (Å²) in [4.78, 5) is 8.30. The van der Waals surface area contributed by atoms with E-state index in [1.54, 1.807) is 24.4 Å². The second kappa shape index (κ2) is 4.34. The van der Waals surface area contributed by atoms with Crippen LogP contribution in [0.3, 0.4) is 0 Å². The molecule has 1 aliphatic heterocycles. The zero-order valence-corrected chi connectivity index (χ0v) is 10.1. The maximum atomic E-state index is 6.15. The topological polar surface area (TPSA) is 70.3 Å². The summed E-state index contributed by atoms with van der Waals surface area (Å²) < 4.78 is 10.9. The first-order valence-electron chi connectivity index (χ1n) is 5.42. The van der Waals surface area contributed by atoms with Gasteiger partial charge in [0.25, 0.3) is 0 Å². The van der Waals surface area contributed by atoms with Gasteiger partial charge in [-0.15, -0.1) is 0 Å². The van der Waals surface area contributed by atoms with Crippen LogP contribution in [0.2, 0.25) is 5.02 Å². The molecule has 2 aromatic rings. The van der Waals surface area contributed by atoms with E-state index in [-0.39, 0.29) is 0 Å². The average molecular weight is 264 g/mol. The highest BCUT2D eigenvalue weighted by atomic mass is 35.5. The minimum absolute atomic E-state index is 0.408. The number of aromatic nitrogens is 2. The number of nitrogens with two attached hydrogens (primary N) is 1. The molecule has 1 aromatic heterocycles. The predicted octanol–water partition coefficient (Wildman–Crippen LogP) is 2.15. The lowest BCUT2D eigenvalue weighted by Crippen LogP contribution is -2.15. The molecule has 0 unspecified atom stereocenters. The largest absolute Gasteiger partial charge is 0.486 e. The van der Waals surface area contributed by atoms with Crippen molar-refractivity contribution in [1.29, 1.82) is 0 Å². The number of nitrogen functional groups attached to an aromatic ring is 1. The van der Waals surface area contributed by atoms with Crippen LogP contribution in [-0.2, 0) is 0 Å². The van der Waals surface area contributed by atoms with Crippen LogP contribution in [0.1, 0.15) is 0 Å². The third-order valence-corrected chi connectivity index (χ3v) is 2.81. The minimum Gasteiger partial charge on any atom is -0.486 e. The Morgan fingerprint density at radius 1 is 1.22 bits per heavy atom. The molecule has 0 saturated heterocycles. The van der Waals surface area contributed by atoms with Crippen molar-refractivity contribution in [3.05, 3.63) is 29.4 Å². The summed E-state index contributed by atoms with van der Waals surface area (Å²) >= 11 is 6.15. The van der Waals surface area contributed by atoms with E-state index in [0.717, 1.165) is 5.56 Å². The van der Waals surface area contributed by atoms with Crippen molar-refractivity contribution in [2.75, 3.05) is 18.9 Å². The van der Waals surface area contributed by atoms with E-state index < -0.39 is 0 Å². The number of hydrogen-bond donors (Lipinski definition) is 1. The lowest BCUT2D eigenvalue weighted by atomic mass is 10.1. The number of anilines is 1. The summed E-state index contributed by atoms with van der Waals surface area (Å²) in [5, 5.41) is 0.480. The van der Waals surface area contributed by atoms with Crippen LogP contribution >= 0.6 is 11.6 Å². The van der Waals surface area contributed by atoms with Gasteiger partial charge in [0.1, 0.15) is 19.0 Å². The predicted molar refractivity (Wildman–Crippen MR) is 67.9 cm³/mol. The summed E-state index contributed by atoms with van der Waals surface area (Å²) in [5.41, 5.74) is 6.38. The molecule has 3 rings (SSSR count). The van der Waals surface area contributed by atoms with Crippen LogP contribution in [0, 0.1) is 0 Å².